The van der Waals surface area contributed by atoms with Crippen LogP contribution in [0.25, 0.3) is 5.65 Å². The number of aromatic amines is 1. The molecule has 0 bridgehead atoms. The zero-order valence-electron chi connectivity index (χ0n) is 34.4. The zero-order valence-corrected chi connectivity index (χ0v) is 36.0. The van der Waals surface area contributed by atoms with Crippen LogP contribution >= 0.6 is 11.6 Å². The van der Waals surface area contributed by atoms with Gasteiger partial charge in [-0.25, -0.2) is 12.9 Å². The molecule has 0 spiro atoms. The van der Waals surface area contributed by atoms with E-state index in [1.165, 1.54) is 38.5 Å². The van der Waals surface area contributed by atoms with Crippen LogP contribution in [-0.4, -0.2) is 57.9 Å². The second-order valence-corrected chi connectivity index (χ2v) is 19.0. The fourth-order valence-corrected chi connectivity index (χ4v) is 8.26. The molecule has 56 heavy (non-hydrogen) atoms. The van der Waals surface area contributed by atoms with E-state index in [-0.39, 0.29) is 23.5 Å². The van der Waals surface area contributed by atoms with Crippen molar-refractivity contribution in [2.45, 2.75) is 142 Å². The minimum Gasteiger partial charge on any atom is -0.482 e. The quantitative estimate of drug-likeness (QED) is 0.0578. The van der Waals surface area contributed by atoms with E-state index >= 15 is 0 Å². The molecule has 0 saturated heterocycles. The fraction of sp³-hybridized carbons (Fsp3) is 0.571. The molecule has 4 rings (SSSR count). The molecular formula is C42H62ClN7O5S. The molecule has 12 nitrogen and oxygen atoms in total. The Balaban J connectivity index is 1.38. The van der Waals surface area contributed by atoms with Gasteiger partial charge >= 0.3 is 0 Å². The average Bonchev–Trinajstić information content (AvgIpc) is 3.71. The van der Waals surface area contributed by atoms with Crippen LogP contribution in [0.2, 0.25) is 5.02 Å². The first-order valence-corrected chi connectivity index (χ1v) is 21.9. The number of hydrogen-bond acceptors (Lipinski definition) is 7. The molecule has 2 aromatic heterocycles. The monoisotopic (exact) mass is 811 g/mol. The van der Waals surface area contributed by atoms with Crippen LogP contribution in [0.3, 0.4) is 0 Å². The lowest BCUT2D eigenvalue weighted by Crippen LogP contribution is -2.57. The van der Waals surface area contributed by atoms with Crippen molar-refractivity contribution in [2.24, 2.45) is 0 Å². The minimum absolute atomic E-state index is 0.0687. The third kappa shape index (κ3) is 11.8. The van der Waals surface area contributed by atoms with Crippen LogP contribution in [0.4, 0.5) is 5.69 Å². The number of benzene rings is 2. The van der Waals surface area contributed by atoms with Crippen molar-refractivity contribution in [3.05, 3.63) is 76.7 Å². The first-order chi connectivity index (χ1) is 26.4. The van der Waals surface area contributed by atoms with E-state index in [0.29, 0.717) is 34.2 Å². The van der Waals surface area contributed by atoms with Gasteiger partial charge in [-0.15, -0.1) is 10.2 Å². The van der Waals surface area contributed by atoms with Gasteiger partial charge in [0.1, 0.15) is 16.8 Å². The summed E-state index contributed by atoms with van der Waals surface area (Å²) in [5.74, 6) is -0.197. The predicted octanol–water partition coefficient (Wildman–Crippen LogP) is 8.78. The first kappa shape index (κ1) is 44.8. The maximum Gasteiger partial charge on any atom is 0.258 e. The standard InChI is InChI=1S/C42H62ClN7O5S/c1-9-10-11-12-13-14-15-16-17-23-28-56(53,54)49-35(30-24-19-18-20-25-30)38(52)44-31-26-21-22-27-32(31)55-29-33(51)45-42(7,8)41(5,6)39-47-46-37-34(43)36(40(2,3)4)48-50(37)39/h18-22,24-27,35,48-49H,9-17,23,28-29H2,1-8H3,(H,44,52)(H,45,51). The van der Waals surface area contributed by atoms with Crippen LogP contribution < -0.4 is 20.1 Å². The number of H-pyrrole nitrogens is 1. The third-order valence-electron chi connectivity index (χ3n) is 10.6. The Hall–Kier alpha value is -3.94. The summed E-state index contributed by atoms with van der Waals surface area (Å²) in [5, 5.41) is 18.6. The second-order valence-electron chi connectivity index (χ2n) is 16.8. The summed E-state index contributed by atoms with van der Waals surface area (Å²) in [6.07, 6.45) is 10.9. The fourth-order valence-electron chi connectivity index (χ4n) is 6.51. The summed E-state index contributed by atoms with van der Waals surface area (Å²) in [4.78, 5) is 27.2. The van der Waals surface area contributed by atoms with Crippen LogP contribution in [0.5, 0.6) is 5.75 Å². The van der Waals surface area contributed by atoms with Gasteiger partial charge in [-0.2, -0.15) is 4.72 Å². The predicted molar refractivity (Wildman–Crippen MR) is 225 cm³/mol. The molecule has 1 unspecified atom stereocenters. The number of rotatable bonds is 22. The summed E-state index contributed by atoms with van der Waals surface area (Å²) < 4.78 is 36.9. The van der Waals surface area contributed by atoms with E-state index in [9.17, 15) is 18.0 Å². The number of para-hydroxylation sites is 2. The Morgan fingerprint density at radius 1 is 0.839 bits per heavy atom. The SMILES string of the molecule is CCCCCCCCCCCCS(=O)(=O)NC(C(=O)Nc1ccccc1OCC(=O)NC(C)(C)C(C)(C)c1nnc2c(Cl)c(C(C)(C)C)[nH]n12)c1ccccc1. The van der Waals surface area contributed by atoms with Crippen LogP contribution in [0.1, 0.15) is 143 Å². The molecule has 14 heteroatoms. The van der Waals surface area contributed by atoms with Crippen molar-refractivity contribution in [3.8, 4) is 5.75 Å². The maximum atomic E-state index is 13.8. The number of anilines is 1. The van der Waals surface area contributed by atoms with Gasteiger partial charge in [-0.05, 0) is 38.0 Å². The van der Waals surface area contributed by atoms with Gasteiger partial charge in [0.05, 0.1) is 17.1 Å². The number of amides is 2. The normalized spacial score (nSPS) is 13.2. The van der Waals surface area contributed by atoms with Gasteiger partial charge in [-0.3, -0.25) is 14.7 Å². The Morgan fingerprint density at radius 3 is 2.05 bits per heavy atom. The molecule has 1 atom stereocenters. The van der Waals surface area contributed by atoms with Crippen molar-refractivity contribution >= 4 is 44.8 Å². The van der Waals surface area contributed by atoms with E-state index < -0.39 is 38.8 Å². The number of halogens is 1. The number of fused-ring (bicyclic) bond motifs is 1. The molecular weight excluding hydrogens is 750 g/mol. The van der Waals surface area contributed by atoms with Crippen molar-refractivity contribution in [3.63, 3.8) is 0 Å². The highest BCUT2D eigenvalue weighted by Crippen LogP contribution is 2.37. The first-order valence-electron chi connectivity index (χ1n) is 19.9. The second kappa shape index (κ2) is 19.5. The van der Waals surface area contributed by atoms with Crippen molar-refractivity contribution < 1.29 is 22.7 Å². The highest BCUT2D eigenvalue weighted by Gasteiger charge is 2.44. The summed E-state index contributed by atoms with van der Waals surface area (Å²) in [5.41, 5.74) is 0.324. The number of nitrogens with zero attached hydrogens (tertiary/aromatic N) is 3. The molecule has 2 amide bonds. The number of carbonyl (C=O) groups is 2. The molecule has 308 valence electrons. The zero-order chi connectivity index (χ0) is 41.1. The molecule has 2 heterocycles. The number of sulfonamides is 1. The van der Waals surface area contributed by atoms with Gasteiger partial charge in [0.25, 0.3) is 5.91 Å². The number of unbranched alkanes of at least 4 members (excludes halogenated alkanes) is 9. The highest BCUT2D eigenvalue weighted by atomic mass is 35.5. The number of aromatic nitrogens is 4. The minimum atomic E-state index is -3.78. The molecule has 4 aromatic rings. The summed E-state index contributed by atoms with van der Waals surface area (Å²) in [6.45, 7) is 15.8. The molecule has 2 aromatic carbocycles. The Morgan fingerprint density at radius 2 is 1.43 bits per heavy atom. The van der Waals surface area contributed by atoms with Crippen molar-refractivity contribution in [1.82, 2.24) is 29.9 Å². The Bertz CT molecular complexity index is 2000. The number of carbonyl (C=O) groups excluding carboxylic acids is 2. The van der Waals surface area contributed by atoms with E-state index in [0.717, 1.165) is 25.0 Å². The van der Waals surface area contributed by atoms with Crippen molar-refractivity contribution in [1.29, 1.82) is 0 Å². The smallest absolute Gasteiger partial charge is 0.258 e. The van der Waals surface area contributed by atoms with Gasteiger partial charge in [-0.1, -0.05) is 153 Å². The largest absolute Gasteiger partial charge is 0.482 e. The lowest BCUT2D eigenvalue weighted by Gasteiger charge is -2.40. The maximum absolute atomic E-state index is 13.8. The molecule has 0 aliphatic rings. The summed E-state index contributed by atoms with van der Waals surface area (Å²) in [6, 6.07) is 14.3. The van der Waals surface area contributed by atoms with Gasteiger partial charge in [0.2, 0.25) is 15.9 Å². The highest BCUT2D eigenvalue weighted by molar-refractivity contribution is 7.89. The summed E-state index contributed by atoms with van der Waals surface area (Å²) >= 11 is 6.68. The number of hydrogen-bond donors (Lipinski definition) is 4. The topological polar surface area (TPSA) is 160 Å². The Kier molecular flexibility index (Phi) is 15.6. The Labute approximate surface area is 338 Å². The molecule has 0 aliphatic heterocycles. The molecule has 0 radical (unpaired) electrons. The van der Waals surface area contributed by atoms with Crippen LogP contribution in [0, 0.1) is 0 Å². The van der Waals surface area contributed by atoms with E-state index in [4.69, 9.17) is 16.3 Å². The molecule has 0 fully saturated rings. The van der Waals surface area contributed by atoms with E-state index in [2.05, 4.69) is 58.3 Å². The van der Waals surface area contributed by atoms with Crippen LogP contribution in [0.15, 0.2) is 54.6 Å². The van der Waals surface area contributed by atoms with Crippen LogP contribution in [-0.2, 0) is 30.4 Å². The van der Waals surface area contributed by atoms with E-state index in [1.54, 1.807) is 59.1 Å². The van der Waals surface area contributed by atoms with Gasteiger partial charge in [0.15, 0.2) is 18.1 Å². The van der Waals surface area contributed by atoms with Gasteiger partial charge in [0, 0.05) is 16.4 Å². The third-order valence-corrected chi connectivity index (χ3v) is 12.4. The van der Waals surface area contributed by atoms with Crippen molar-refractivity contribution in [2.75, 3.05) is 17.7 Å². The number of ether oxygens (including phenoxy) is 1. The van der Waals surface area contributed by atoms with Gasteiger partial charge < -0.3 is 15.4 Å². The summed E-state index contributed by atoms with van der Waals surface area (Å²) in [7, 11) is -3.78. The molecule has 0 aliphatic carbocycles. The lowest BCUT2D eigenvalue weighted by atomic mass is 9.73. The molecule has 4 N–H and O–H groups in total. The lowest BCUT2D eigenvalue weighted by molar-refractivity contribution is -0.125. The average molecular weight is 813 g/mol. The molecule has 0 saturated carbocycles. The van der Waals surface area contributed by atoms with E-state index in [1.807, 2.05) is 27.7 Å². The number of nitrogens with one attached hydrogen (secondary N) is 4.